The lowest BCUT2D eigenvalue weighted by atomic mass is 9.97. The van der Waals surface area contributed by atoms with Crippen molar-refractivity contribution in [2.75, 3.05) is 18.5 Å². The Bertz CT molecular complexity index is 379. The summed E-state index contributed by atoms with van der Waals surface area (Å²) in [5.74, 6) is 0. The van der Waals surface area contributed by atoms with Gasteiger partial charge in [-0.05, 0) is 30.0 Å². The number of hydrogen-bond donors (Lipinski definition) is 1. The molecule has 0 bridgehead atoms. The maximum absolute atomic E-state index is 12.5. The van der Waals surface area contributed by atoms with Gasteiger partial charge >= 0.3 is 0 Å². The predicted octanol–water partition coefficient (Wildman–Crippen LogP) is 2.33. The molecule has 0 spiro atoms. The number of aryl methyl sites for hydroxylation is 1. The summed E-state index contributed by atoms with van der Waals surface area (Å²) < 4.78 is 25.0. The van der Waals surface area contributed by atoms with Gasteiger partial charge in [-0.25, -0.2) is 8.78 Å². The van der Waals surface area contributed by atoms with E-state index in [1.165, 1.54) is 0 Å². The number of alkyl halides is 2. The number of nitrogens with zero attached hydrogens (tertiary/aromatic N) is 1. The third kappa shape index (κ3) is 2.02. The van der Waals surface area contributed by atoms with Crippen LogP contribution in [-0.4, -0.2) is 20.0 Å². The maximum Gasteiger partial charge on any atom is 0.257 e. The normalized spacial score (nSPS) is 17.4. The number of halogens is 2. The van der Waals surface area contributed by atoms with Gasteiger partial charge in [0.05, 0.1) is 6.04 Å². The summed E-state index contributed by atoms with van der Waals surface area (Å²) in [6, 6.07) is 4.25. The zero-order chi connectivity index (χ0) is 11.7. The molecule has 1 heterocycles. The Kier molecular flexibility index (Phi) is 3.10. The van der Waals surface area contributed by atoms with Crippen molar-refractivity contribution in [2.45, 2.75) is 25.3 Å². The molecule has 2 nitrogen and oxygen atoms in total. The molecule has 0 amide bonds. The zero-order valence-corrected chi connectivity index (χ0v) is 9.29. The predicted molar refractivity (Wildman–Crippen MR) is 61.0 cm³/mol. The molecule has 1 atom stereocenters. The van der Waals surface area contributed by atoms with Crippen LogP contribution in [0.15, 0.2) is 18.2 Å². The fraction of sp³-hybridized carbons (Fsp3) is 0.500. The van der Waals surface area contributed by atoms with Crippen molar-refractivity contribution in [3.8, 4) is 0 Å². The summed E-state index contributed by atoms with van der Waals surface area (Å²) in [5.41, 5.74) is 8.24. The number of rotatable bonds is 2. The van der Waals surface area contributed by atoms with Crippen LogP contribution in [-0.2, 0) is 6.42 Å². The van der Waals surface area contributed by atoms with Crippen LogP contribution < -0.4 is 10.6 Å². The van der Waals surface area contributed by atoms with Crippen molar-refractivity contribution in [1.29, 1.82) is 0 Å². The Morgan fingerprint density at radius 1 is 1.38 bits per heavy atom. The van der Waals surface area contributed by atoms with Gasteiger partial charge in [0.2, 0.25) is 0 Å². The lowest BCUT2D eigenvalue weighted by Gasteiger charge is -2.28. The van der Waals surface area contributed by atoms with Gasteiger partial charge in [-0.3, -0.25) is 0 Å². The smallest absolute Gasteiger partial charge is 0.257 e. The average molecular weight is 226 g/mol. The van der Waals surface area contributed by atoms with E-state index < -0.39 is 12.5 Å². The average Bonchev–Trinajstić information content (AvgIpc) is 2.28. The SMILES string of the molecule is CN1CCCc2cc(C(N)C(F)F)ccc21. The Hall–Kier alpha value is -1.16. The molecular formula is C12H16F2N2. The third-order valence-electron chi connectivity index (χ3n) is 3.11. The van der Waals surface area contributed by atoms with Crippen LogP contribution in [0.25, 0.3) is 0 Å². The highest BCUT2D eigenvalue weighted by Crippen LogP contribution is 2.29. The molecule has 0 radical (unpaired) electrons. The highest BCUT2D eigenvalue weighted by atomic mass is 19.3. The Labute approximate surface area is 94.0 Å². The molecular weight excluding hydrogens is 210 g/mol. The van der Waals surface area contributed by atoms with Crippen molar-refractivity contribution in [2.24, 2.45) is 5.73 Å². The van der Waals surface area contributed by atoms with E-state index in [4.69, 9.17) is 5.73 Å². The third-order valence-corrected chi connectivity index (χ3v) is 3.11. The largest absolute Gasteiger partial charge is 0.374 e. The van der Waals surface area contributed by atoms with E-state index in [0.29, 0.717) is 5.56 Å². The highest BCUT2D eigenvalue weighted by Gasteiger charge is 2.20. The van der Waals surface area contributed by atoms with Crippen LogP contribution >= 0.6 is 0 Å². The quantitative estimate of drug-likeness (QED) is 0.838. The highest BCUT2D eigenvalue weighted by molar-refractivity contribution is 5.56. The summed E-state index contributed by atoms with van der Waals surface area (Å²) in [4.78, 5) is 2.15. The van der Waals surface area contributed by atoms with Crippen LogP contribution in [0, 0.1) is 0 Å². The van der Waals surface area contributed by atoms with E-state index in [9.17, 15) is 8.78 Å². The van der Waals surface area contributed by atoms with Gasteiger partial charge in [0.15, 0.2) is 0 Å². The first-order chi connectivity index (χ1) is 7.59. The molecule has 1 unspecified atom stereocenters. The summed E-state index contributed by atoms with van der Waals surface area (Å²) in [6.45, 7) is 1.02. The van der Waals surface area contributed by atoms with Crippen molar-refractivity contribution in [3.05, 3.63) is 29.3 Å². The summed E-state index contributed by atoms with van der Waals surface area (Å²) in [5, 5.41) is 0. The van der Waals surface area contributed by atoms with E-state index in [0.717, 1.165) is 30.6 Å². The second kappa shape index (κ2) is 4.37. The van der Waals surface area contributed by atoms with E-state index in [1.807, 2.05) is 19.2 Å². The van der Waals surface area contributed by atoms with Crippen LogP contribution in [0.3, 0.4) is 0 Å². The molecule has 1 aromatic rings. The van der Waals surface area contributed by atoms with Crippen LogP contribution in [0.5, 0.6) is 0 Å². The van der Waals surface area contributed by atoms with Crippen molar-refractivity contribution < 1.29 is 8.78 Å². The molecule has 16 heavy (non-hydrogen) atoms. The van der Waals surface area contributed by atoms with Gasteiger partial charge < -0.3 is 10.6 Å². The van der Waals surface area contributed by atoms with Crippen molar-refractivity contribution in [1.82, 2.24) is 0 Å². The zero-order valence-electron chi connectivity index (χ0n) is 9.29. The molecule has 0 saturated carbocycles. The molecule has 88 valence electrons. The second-order valence-electron chi connectivity index (χ2n) is 4.27. The van der Waals surface area contributed by atoms with E-state index >= 15 is 0 Å². The molecule has 0 aliphatic carbocycles. The van der Waals surface area contributed by atoms with Crippen molar-refractivity contribution >= 4 is 5.69 Å². The van der Waals surface area contributed by atoms with Crippen molar-refractivity contribution in [3.63, 3.8) is 0 Å². The Morgan fingerprint density at radius 3 is 2.81 bits per heavy atom. The second-order valence-corrected chi connectivity index (χ2v) is 4.27. The Balaban J connectivity index is 2.32. The summed E-state index contributed by atoms with van der Waals surface area (Å²) in [7, 11) is 2.02. The molecule has 1 aliphatic rings. The van der Waals surface area contributed by atoms with Gasteiger partial charge in [-0.15, -0.1) is 0 Å². The van der Waals surface area contributed by atoms with Crippen LogP contribution in [0.2, 0.25) is 0 Å². The van der Waals surface area contributed by atoms with Crippen LogP contribution in [0.4, 0.5) is 14.5 Å². The number of anilines is 1. The first-order valence-electron chi connectivity index (χ1n) is 5.47. The number of benzene rings is 1. The first-order valence-corrected chi connectivity index (χ1v) is 5.47. The molecule has 2 N–H and O–H groups in total. The number of nitrogens with two attached hydrogens (primary N) is 1. The first kappa shape index (κ1) is 11.3. The maximum atomic E-state index is 12.5. The topological polar surface area (TPSA) is 29.3 Å². The Morgan fingerprint density at radius 2 is 2.12 bits per heavy atom. The van der Waals surface area contributed by atoms with Gasteiger partial charge in [-0.1, -0.05) is 12.1 Å². The van der Waals surface area contributed by atoms with Gasteiger partial charge in [0.25, 0.3) is 6.43 Å². The molecule has 0 aromatic heterocycles. The number of hydrogen-bond acceptors (Lipinski definition) is 2. The van der Waals surface area contributed by atoms with Crippen LogP contribution in [0.1, 0.15) is 23.6 Å². The minimum absolute atomic E-state index is 0.532. The minimum atomic E-state index is -2.50. The fourth-order valence-electron chi connectivity index (χ4n) is 2.16. The van der Waals surface area contributed by atoms with E-state index in [-0.39, 0.29) is 0 Å². The lowest BCUT2D eigenvalue weighted by molar-refractivity contribution is 0.116. The molecule has 0 saturated heterocycles. The summed E-state index contributed by atoms with van der Waals surface area (Å²) in [6.07, 6.45) is -0.486. The molecule has 1 aliphatic heterocycles. The molecule has 1 aromatic carbocycles. The van der Waals surface area contributed by atoms with E-state index in [2.05, 4.69) is 4.90 Å². The van der Waals surface area contributed by atoms with E-state index in [1.54, 1.807) is 6.07 Å². The standard InChI is InChI=1S/C12H16F2N2/c1-16-6-2-3-8-7-9(4-5-10(8)16)11(15)12(13)14/h4-5,7,11-12H,2-3,6,15H2,1H3. The molecule has 0 fully saturated rings. The summed E-state index contributed by atoms with van der Waals surface area (Å²) >= 11 is 0. The van der Waals surface area contributed by atoms with Gasteiger partial charge in [0, 0.05) is 19.3 Å². The lowest BCUT2D eigenvalue weighted by Crippen LogP contribution is -2.25. The fourth-order valence-corrected chi connectivity index (χ4v) is 2.16. The minimum Gasteiger partial charge on any atom is -0.374 e. The van der Waals surface area contributed by atoms with Gasteiger partial charge in [-0.2, -0.15) is 0 Å². The molecule has 4 heteroatoms. The monoisotopic (exact) mass is 226 g/mol. The number of fused-ring (bicyclic) bond motifs is 1. The molecule has 2 rings (SSSR count). The van der Waals surface area contributed by atoms with Gasteiger partial charge in [0.1, 0.15) is 0 Å².